The first-order valence-electron chi connectivity index (χ1n) is 6.37. The minimum atomic E-state index is 0.604. The SMILES string of the molecule is Clc1cc(Cl)c(OCC2CCCCC2)c(CBr)c1. The smallest absolute Gasteiger partial charge is 0.142 e. The Balaban J connectivity index is 2.03. The van der Waals surface area contributed by atoms with Crippen LogP contribution in [0, 0.1) is 5.92 Å². The molecule has 0 aliphatic heterocycles. The molecule has 0 saturated heterocycles. The first-order chi connectivity index (χ1) is 8.70. The normalized spacial score (nSPS) is 16.8. The molecular weight excluding hydrogens is 335 g/mol. The summed E-state index contributed by atoms with van der Waals surface area (Å²) < 4.78 is 5.93. The molecule has 0 heterocycles. The summed E-state index contributed by atoms with van der Waals surface area (Å²) in [6, 6.07) is 3.64. The molecule has 0 amide bonds. The first kappa shape index (κ1) is 14.5. The zero-order chi connectivity index (χ0) is 13.0. The number of benzene rings is 1. The van der Waals surface area contributed by atoms with Crippen LogP contribution in [0.4, 0.5) is 0 Å². The third-order valence-electron chi connectivity index (χ3n) is 3.42. The predicted octanol–water partition coefficient (Wildman–Crippen LogP) is 5.85. The Hall–Kier alpha value is 0.0800. The number of hydrogen-bond donors (Lipinski definition) is 0. The lowest BCUT2D eigenvalue weighted by molar-refractivity contribution is 0.208. The van der Waals surface area contributed by atoms with Gasteiger partial charge in [0.05, 0.1) is 11.6 Å². The van der Waals surface area contributed by atoms with Crippen LogP contribution in [0.15, 0.2) is 12.1 Å². The zero-order valence-corrected chi connectivity index (χ0v) is 13.3. The van der Waals surface area contributed by atoms with Crippen molar-refractivity contribution >= 4 is 39.1 Å². The summed E-state index contributed by atoms with van der Waals surface area (Å²) >= 11 is 15.6. The van der Waals surface area contributed by atoms with E-state index < -0.39 is 0 Å². The van der Waals surface area contributed by atoms with Crippen molar-refractivity contribution in [2.75, 3.05) is 6.61 Å². The summed E-state index contributed by atoms with van der Waals surface area (Å²) in [4.78, 5) is 0. The number of ether oxygens (including phenoxy) is 1. The van der Waals surface area contributed by atoms with E-state index in [0.29, 0.717) is 21.3 Å². The molecule has 0 unspecified atom stereocenters. The second kappa shape index (κ2) is 7.02. The van der Waals surface area contributed by atoms with Gasteiger partial charge < -0.3 is 4.74 Å². The fraction of sp³-hybridized carbons (Fsp3) is 0.571. The zero-order valence-electron chi connectivity index (χ0n) is 10.2. The van der Waals surface area contributed by atoms with Crippen molar-refractivity contribution in [1.82, 2.24) is 0 Å². The standard InChI is InChI=1S/C14H17BrCl2O/c15-8-11-6-12(16)7-13(17)14(11)18-9-10-4-2-1-3-5-10/h6-7,10H,1-5,8-9H2. The highest BCUT2D eigenvalue weighted by Crippen LogP contribution is 2.35. The average Bonchev–Trinajstić information content (AvgIpc) is 2.38. The van der Waals surface area contributed by atoms with E-state index in [4.69, 9.17) is 27.9 Å². The second-order valence-corrected chi connectivity index (χ2v) is 6.23. The molecule has 1 nitrogen and oxygen atoms in total. The van der Waals surface area contributed by atoms with Crippen LogP contribution in [-0.4, -0.2) is 6.61 Å². The van der Waals surface area contributed by atoms with E-state index in [1.54, 1.807) is 6.07 Å². The van der Waals surface area contributed by atoms with Crippen LogP contribution in [0.5, 0.6) is 5.75 Å². The molecule has 1 aromatic rings. The highest BCUT2D eigenvalue weighted by Gasteiger charge is 2.16. The topological polar surface area (TPSA) is 9.23 Å². The molecule has 0 N–H and O–H groups in total. The fourth-order valence-corrected chi connectivity index (χ4v) is 3.44. The van der Waals surface area contributed by atoms with Gasteiger partial charge in [-0.3, -0.25) is 0 Å². The first-order valence-corrected chi connectivity index (χ1v) is 8.25. The lowest BCUT2D eigenvalue weighted by atomic mass is 9.90. The third kappa shape index (κ3) is 3.79. The van der Waals surface area contributed by atoms with Crippen molar-refractivity contribution in [2.45, 2.75) is 37.4 Å². The van der Waals surface area contributed by atoms with Crippen molar-refractivity contribution in [3.8, 4) is 5.75 Å². The summed E-state index contributed by atoms with van der Waals surface area (Å²) in [5.41, 5.74) is 1.02. The predicted molar refractivity (Wildman–Crippen MR) is 81.2 cm³/mol. The van der Waals surface area contributed by atoms with Crippen molar-refractivity contribution in [3.05, 3.63) is 27.7 Å². The Kier molecular flexibility index (Phi) is 5.65. The van der Waals surface area contributed by atoms with E-state index in [1.165, 1.54) is 32.1 Å². The largest absolute Gasteiger partial charge is 0.491 e. The third-order valence-corrected chi connectivity index (χ3v) is 4.52. The van der Waals surface area contributed by atoms with Crippen LogP contribution in [0.25, 0.3) is 0 Å². The molecule has 0 spiro atoms. The van der Waals surface area contributed by atoms with Gasteiger partial charge in [-0.25, -0.2) is 0 Å². The van der Waals surface area contributed by atoms with Gasteiger partial charge in [0.15, 0.2) is 0 Å². The van der Waals surface area contributed by atoms with Crippen molar-refractivity contribution in [3.63, 3.8) is 0 Å². The number of halogens is 3. The molecular formula is C14H17BrCl2O. The van der Waals surface area contributed by atoms with Crippen LogP contribution in [0.2, 0.25) is 10.0 Å². The molecule has 2 rings (SSSR count). The van der Waals surface area contributed by atoms with Crippen LogP contribution < -0.4 is 4.74 Å². The Bertz CT molecular complexity index is 403. The molecule has 0 atom stereocenters. The number of alkyl halides is 1. The highest BCUT2D eigenvalue weighted by molar-refractivity contribution is 9.08. The van der Waals surface area contributed by atoms with Crippen LogP contribution in [-0.2, 0) is 5.33 Å². The van der Waals surface area contributed by atoms with Crippen molar-refractivity contribution in [1.29, 1.82) is 0 Å². The van der Waals surface area contributed by atoms with Gasteiger partial charge in [-0.05, 0) is 30.9 Å². The summed E-state index contributed by atoms with van der Waals surface area (Å²) in [5, 5.41) is 1.96. The van der Waals surface area contributed by atoms with Gasteiger partial charge in [0.2, 0.25) is 0 Å². The highest BCUT2D eigenvalue weighted by atomic mass is 79.9. The molecule has 0 bridgehead atoms. The Morgan fingerprint density at radius 2 is 1.89 bits per heavy atom. The lowest BCUT2D eigenvalue weighted by Crippen LogP contribution is -2.15. The van der Waals surface area contributed by atoms with E-state index in [0.717, 1.165) is 17.9 Å². The molecule has 4 heteroatoms. The quantitative estimate of drug-likeness (QED) is 0.618. The Morgan fingerprint density at radius 1 is 1.17 bits per heavy atom. The van der Waals surface area contributed by atoms with Crippen LogP contribution >= 0.6 is 39.1 Å². The summed E-state index contributed by atoms with van der Waals surface area (Å²) in [5.74, 6) is 1.46. The van der Waals surface area contributed by atoms with E-state index in [9.17, 15) is 0 Å². The maximum Gasteiger partial charge on any atom is 0.142 e. The molecule has 1 saturated carbocycles. The van der Waals surface area contributed by atoms with Crippen LogP contribution in [0.1, 0.15) is 37.7 Å². The number of rotatable bonds is 4. The van der Waals surface area contributed by atoms with E-state index in [-0.39, 0.29) is 0 Å². The molecule has 1 aliphatic carbocycles. The molecule has 0 aromatic heterocycles. The van der Waals surface area contributed by atoms with Gasteiger partial charge in [0, 0.05) is 15.9 Å². The summed E-state index contributed by atoms with van der Waals surface area (Å²) in [6.07, 6.45) is 6.57. The van der Waals surface area contributed by atoms with Gasteiger partial charge in [-0.2, -0.15) is 0 Å². The second-order valence-electron chi connectivity index (χ2n) is 4.82. The molecule has 1 aromatic carbocycles. The van der Waals surface area contributed by atoms with Crippen molar-refractivity contribution < 1.29 is 4.74 Å². The summed E-state index contributed by atoms with van der Waals surface area (Å²) in [7, 11) is 0. The molecule has 1 aliphatic rings. The average molecular weight is 352 g/mol. The Labute approximate surface area is 127 Å². The van der Waals surface area contributed by atoms with Gasteiger partial charge in [-0.15, -0.1) is 0 Å². The Morgan fingerprint density at radius 3 is 2.56 bits per heavy atom. The van der Waals surface area contributed by atoms with Gasteiger partial charge in [-0.1, -0.05) is 58.4 Å². The minimum Gasteiger partial charge on any atom is -0.491 e. The molecule has 0 radical (unpaired) electrons. The van der Waals surface area contributed by atoms with Gasteiger partial charge >= 0.3 is 0 Å². The monoisotopic (exact) mass is 350 g/mol. The molecule has 1 fully saturated rings. The summed E-state index contributed by atoms with van der Waals surface area (Å²) in [6.45, 7) is 0.765. The fourth-order valence-electron chi connectivity index (χ4n) is 2.43. The maximum absolute atomic E-state index is 6.20. The van der Waals surface area contributed by atoms with Crippen LogP contribution in [0.3, 0.4) is 0 Å². The maximum atomic E-state index is 6.20. The lowest BCUT2D eigenvalue weighted by Gasteiger charge is -2.22. The van der Waals surface area contributed by atoms with Gasteiger partial charge in [0.1, 0.15) is 5.75 Å². The molecule has 18 heavy (non-hydrogen) atoms. The van der Waals surface area contributed by atoms with E-state index in [2.05, 4.69) is 15.9 Å². The van der Waals surface area contributed by atoms with Crippen molar-refractivity contribution in [2.24, 2.45) is 5.92 Å². The molecule has 100 valence electrons. The van der Waals surface area contributed by atoms with E-state index in [1.807, 2.05) is 6.07 Å². The minimum absolute atomic E-state index is 0.604. The van der Waals surface area contributed by atoms with Gasteiger partial charge in [0.25, 0.3) is 0 Å². The van der Waals surface area contributed by atoms with E-state index >= 15 is 0 Å². The number of hydrogen-bond acceptors (Lipinski definition) is 1.